The van der Waals surface area contributed by atoms with Crippen LogP contribution in [-0.2, 0) is 4.79 Å². The van der Waals surface area contributed by atoms with Crippen molar-refractivity contribution in [1.29, 1.82) is 0 Å². The quantitative estimate of drug-likeness (QED) is 0.292. The van der Waals surface area contributed by atoms with Crippen LogP contribution in [0.4, 0.5) is 10.1 Å². The highest BCUT2D eigenvalue weighted by molar-refractivity contribution is 7.80. The minimum atomic E-state index is -0.271. The molecule has 0 spiro atoms. The molecule has 1 amide bonds. The largest absolute Gasteiger partial charge is 0.352 e. The highest BCUT2D eigenvalue weighted by atomic mass is 32.1. The molecule has 2 N–H and O–H groups in total. The topological polar surface area (TPSA) is 62.2 Å². The number of thiocarbonyl (C=S) groups is 1. The summed E-state index contributed by atoms with van der Waals surface area (Å²) < 4.78 is 15.7. The maximum atomic E-state index is 13.6. The molecule has 0 radical (unpaired) electrons. The molecule has 2 unspecified atom stereocenters. The summed E-state index contributed by atoms with van der Waals surface area (Å²) in [5, 5.41) is 7.02. The number of hydrogen-bond donors (Lipinski definition) is 2. The number of aryl methyl sites for hydroxylation is 2. The normalized spacial score (nSPS) is 16.9. The zero-order valence-corrected chi connectivity index (χ0v) is 22.4. The van der Waals surface area contributed by atoms with Crippen molar-refractivity contribution in [3.63, 3.8) is 0 Å². The van der Waals surface area contributed by atoms with Crippen LogP contribution in [0.5, 0.6) is 0 Å². The molecule has 6 nitrogen and oxygen atoms in total. The average molecular weight is 528 g/mol. The number of amides is 1. The molecular formula is C30H30FN5OS. The van der Waals surface area contributed by atoms with Crippen molar-refractivity contribution < 1.29 is 9.18 Å². The fourth-order valence-corrected chi connectivity index (χ4v) is 5.47. The van der Waals surface area contributed by atoms with E-state index in [1.165, 1.54) is 12.1 Å². The molecule has 2 atom stereocenters. The van der Waals surface area contributed by atoms with Crippen LogP contribution >= 0.6 is 12.2 Å². The van der Waals surface area contributed by atoms with E-state index in [2.05, 4.69) is 38.1 Å². The van der Waals surface area contributed by atoms with Crippen LogP contribution in [0, 0.1) is 26.6 Å². The summed E-state index contributed by atoms with van der Waals surface area (Å²) in [6.45, 7) is 6.55. The second kappa shape index (κ2) is 10.8. The van der Waals surface area contributed by atoms with Crippen LogP contribution in [0.3, 0.4) is 0 Å². The van der Waals surface area contributed by atoms with Gasteiger partial charge in [0, 0.05) is 41.9 Å². The number of hydrogen-bond acceptors (Lipinski definition) is 3. The standard InChI is InChI=1S/C30H30FN5OS/c1-19-7-11-23(12-8-19)33-27(37)15-17-35-29(28(34-30(35)38)26-6-4-5-16-32-26)25-18-20(2)36(21(25)3)24-13-9-22(31)10-14-24/h4-14,16,18,28-29H,15,17H2,1-3H3,(H,33,37)(H,34,38). The number of benzene rings is 2. The Bertz CT molecular complexity index is 1450. The first-order valence-corrected chi connectivity index (χ1v) is 13.0. The van der Waals surface area contributed by atoms with Crippen molar-refractivity contribution in [1.82, 2.24) is 19.8 Å². The van der Waals surface area contributed by atoms with Crippen LogP contribution in [0.15, 0.2) is 79.0 Å². The average Bonchev–Trinajstić information content (AvgIpc) is 3.39. The fraction of sp³-hybridized carbons (Fsp3) is 0.233. The Morgan fingerprint density at radius 2 is 1.79 bits per heavy atom. The predicted octanol–water partition coefficient (Wildman–Crippen LogP) is 5.94. The third kappa shape index (κ3) is 5.17. The first kappa shape index (κ1) is 25.6. The maximum Gasteiger partial charge on any atom is 0.226 e. The van der Waals surface area contributed by atoms with E-state index in [0.29, 0.717) is 11.7 Å². The van der Waals surface area contributed by atoms with E-state index in [4.69, 9.17) is 12.2 Å². The number of nitrogens with zero attached hydrogens (tertiary/aromatic N) is 3. The van der Waals surface area contributed by atoms with Gasteiger partial charge < -0.3 is 20.1 Å². The molecule has 1 saturated heterocycles. The van der Waals surface area contributed by atoms with Gasteiger partial charge in [-0.3, -0.25) is 9.78 Å². The monoisotopic (exact) mass is 527 g/mol. The van der Waals surface area contributed by atoms with Gasteiger partial charge in [-0.25, -0.2) is 4.39 Å². The van der Waals surface area contributed by atoms with Gasteiger partial charge in [0.25, 0.3) is 0 Å². The first-order chi connectivity index (χ1) is 18.3. The molecule has 3 heterocycles. The molecule has 194 valence electrons. The Kier molecular flexibility index (Phi) is 7.24. The first-order valence-electron chi connectivity index (χ1n) is 12.6. The second-order valence-electron chi connectivity index (χ2n) is 9.62. The van der Waals surface area contributed by atoms with Crippen LogP contribution in [0.1, 0.15) is 46.7 Å². The molecule has 2 aromatic carbocycles. The lowest BCUT2D eigenvalue weighted by atomic mass is 9.96. The highest BCUT2D eigenvalue weighted by Crippen LogP contribution is 2.41. The van der Waals surface area contributed by atoms with Crippen LogP contribution in [0.2, 0.25) is 0 Å². The number of halogens is 1. The fourth-order valence-electron chi connectivity index (χ4n) is 5.14. The van der Waals surface area contributed by atoms with E-state index < -0.39 is 0 Å². The Hall–Kier alpha value is -4.04. The number of anilines is 1. The third-order valence-electron chi connectivity index (χ3n) is 6.99. The van der Waals surface area contributed by atoms with Crippen LogP contribution in [-0.4, -0.2) is 32.0 Å². The van der Waals surface area contributed by atoms with Gasteiger partial charge >= 0.3 is 0 Å². The van der Waals surface area contributed by atoms with E-state index >= 15 is 0 Å². The molecule has 2 aromatic heterocycles. The van der Waals surface area contributed by atoms with Crippen molar-refractivity contribution in [3.8, 4) is 5.69 Å². The molecule has 5 rings (SSSR count). The van der Waals surface area contributed by atoms with Gasteiger partial charge in [-0.1, -0.05) is 23.8 Å². The van der Waals surface area contributed by atoms with Crippen molar-refractivity contribution in [2.24, 2.45) is 0 Å². The zero-order chi connectivity index (χ0) is 26.8. The van der Waals surface area contributed by atoms with Crippen LogP contribution in [0.25, 0.3) is 5.69 Å². The Labute approximate surface area is 227 Å². The highest BCUT2D eigenvalue weighted by Gasteiger charge is 2.41. The molecule has 0 aliphatic carbocycles. The maximum absolute atomic E-state index is 13.6. The number of aromatic nitrogens is 2. The molecule has 38 heavy (non-hydrogen) atoms. The summed E-state index contributed by atoms with van der Waals surface area (Å²) in [5.41, 5.74) is 6.80. The molecular weight excluding hydrogens is 497 g/mol. The minimum Gasteiger partial charge on any atom is -0.352 e. The Balaban J connectivity index is 1.46. The number of carbonyl (C=O) groups is 1. The number of pyridine rings is 1. The summed E-state index contributed by atoms with van der Waals surface area (Å²) in [5.74, 6) is -0.347. The number of nitrogens with one attached hydrogen (secondary N) is 2. The predicted molar refractivity (Wildman–Crippen MR) is 152 cm³/mol. The lowest BCUT2D eigenvalue weighted by molar-refractivity contribution is -0.116. The third-order valence-corrected chi connectivity index (χ3v) is 7.34. The lowest BCUT2D eigenvalue weighted by Gasteiger charge is -2.28. The van der Waals surface area contributed by atoms with E-state index in [-0.39, 0.29) is 30.2 Å². The smallest absolute Gasteiger partial charge is 0.226 e. The summed E-state index contributed by atoms with van der Waals surface area (Å²) >= 11 is 5.79. The van der Waals surface area contributed by atoms with Gasteiger partial charge in [0.1, 0.15) is 5.82 Å². The summed E-state index contributed by atoms with van der Waals surface area (Å²) in [6, 6.07) is 21.9. The molecule has 4 aromatic rings. The van der Waals surface area contributed by atoms with Crippen LogP contribution < -0.4 is 10.6 Å². The van der Waals surface area contributed by atoms with Gasteiger partial charge in [-0.15, -0.1) is 0 Å². The summed E-state index contributed by atoms with van der Waals surface area (Å²) in [4.78, 5) is 19.5. The molecule has 0 bridgehead atoms. The molecule has 1 aliphatic rings. The SMILES string of the molecule is Cc1ccc(NC(=O)CCN2C(=S)NC(c3ccccn3)C2c2cc(C)n(-c3ccc(F)cc3)c2C)cc1. The zero-order valence-electron chi connectivity index (χ0n) is 21.6. The molecule has 1 aliphatic heterocycles. The van der Waals surface area contributed by atoms with E-state index in [0.717, 1.165) is 39.6 Å². The van der Waals surface area contributed by atoms with Gasteiger partial charge in [-0.05, 0) is 93.1 Å². The Morgan fingerprint density at radius 3 is 2.47 bits per heavy atom. The van der Waals surface area contributed by atoms with Crippen molar-refractivity contribution >= 4 is 28.9 Å². The lowest BCUT2D eigenvalue weighted by Crippen LogP contribution is -2.32. The van der Waals surface area contributed by atoms with E-state index in [1.54, 1.807) is 18.3 Å². The Morgan fingerprint density at radius 1 is 1.05 bits per heavy atom. The summed E-state index contributed by atoms with van der Waals surface area (Å²) in [7, 11) is 0. The van der Waals surface area contributed by atoms with Crippen molar-refractivity contribution in [3.05, 3.63) is 113 Å². The van der Waals surface area contributed by atoms with Gasteiger partial charge in [-0.2, -0.15) is 0 Å². The van der Waals surface area contributed by atoms with Crippen molar-refractivity contribution in [2.75, 3.05) is 11.9 Å². The second-order valence-corrected chi connectivity index (χ2v) is 10.0. The molecule has 8 heteroatoms. The summed E-state index contributed by atoms with van der Waals surface area (Å²) in [6.07, 6.45) is 2.05. The van der Waals surface area contributed by atoms with Crippen molar-refractivity contribution in [2.45, 2.75) is 39.3 Å². The minimum absolute atomic E-state index is 0.0755. The van der Waals surface area contributed by atoms with E-state index in [1.807, 2.05) is 56.3 Å². The van der Waals surface area contributed by atoms with E-state index in [9.17, 15) is 9.18 Å². The molecule has 1 fully saturated rings. The van der Waals surface area contributed by atoms with Gasteiger partial charge in [0.05, 0.1) is 17.8 Å². The van der Waals surface area contributed by atoms with Gasteiger partial charge in [0.2, 0.25) is 5.91 Å². The molecule has 0 saturated carbocycles. The van der Waals surface area contributed by atoms with Gasteiger partial charge in [0.15, 0.2) is 5.11 Å². The number of carbonyl (C=O) groups excluding carboxylic acids is 1. The number of rotatable bonds is 7.